The molecule has 3 aromatic rings. The molecule has 0 unspecified atom stereocenters. The minimum atomic E-state index is -0.178. The number of methoxy groups -OCH3 is 1. The number of nitrogens with zero attached hydrogens (tertiary/aromatic N) is 2. The summed E-state index contributed by atoms with van der Waals surface area (Å²) in [6.07, 6.45) is 1.78. The van der Waals surface area contributed by atoms with E-state index in [0.717, 1.165) is 23.3 Å². The minimum absolute atomic E-state index is 0.0500. The molecule has 6 nitrogen and oxygen atoms in total. The molecule has 1 atom stereocenters. The highest BCUT2D eigenvalue weighted by molar-refractivity contribution is 7.10. The van der Waals surface area contributed by atoms with Gasteiger partial charge >= 0.3 is 0 Å². The molecule has 0 N–H and O–H groups in total. The third kappa shape index (κ3) is 6.71. The zero-order valence-electron chi connectivity index (χ0n) is 20.1. The summed E-state index contributed by atoms with van der Waals surface area (Å²) in [5, 5.41) is 2.08. The number of amides is 2. The van der Waals surface area contributed by atoms with Crippen molar-refractivity contribution < 1.29 is 19.1 Å². The molecule has 1 aromatic heterocycles. The molecular formula is C28H32N2O4S. The van der Waals surface area contributed by atoms with Gasteiger partial charge in [0.2, 0.25) is 11.8 Å². The third-order valence-corrected chi connectivity index (χ3v) is 7.22. The van der Waals surface area contributed by atoms with Crippen molar-refractivity contribution in [3.05, 3.63) is 88.1 Å². The molecule has 2 amide bonds. The predicted octanol–water partition coefficient (Wildman–Crippen LogP) is 4.36. The number of ether oxygens (including phenoxy) is 2. The molecule has 7 heteroatoms. The summed E-state index contributed by atoms with van der Waals surface area (Å²) in [7, 11) is 1.64. The highest BCUT2D eigenvalue weighted by Gasteiger charge is 2.33. The average Bonchev–Trinajstić information content (AvgIpc) is 3.37. The summed E-state index contributed by atoms with van der Waals surface area (Å²) >= 11 is 1.73. The van der Waals surface area contributed by atoms with Crippen LogP contribution in [-0.4, -0.2) is 61.6 Å². The Morgan fingerprint density at radius 3 is 2.54 bits per heavy atom. The van der Waals surface area contributed by atoms with Gasteiger partial charge in [-0.05, 0) is 47.5 Å². The fraction of sp³-hybridized carbons (Fsp3) is 0.357. The van der Waals surface area contributed by atoms with Gasteiger partial charge in [-0.1, -0.05) is 48.5 Å². The van der Waals surface area contributed by atoms with Gasteiger partial charge in [0.05, 0.1) is 19.0 Å². The maximum absolute atomic E-state index is 13.6. The fourth-order valence-corrected chi connectivity index (χ4v) is 5.32. The second-order valence-electron chi connectivity index (χ2n) is 8.60. The number of hydrogen-bond acceptors (Lipinski definition) is 5. The van der Waals surface area contributed by atoms with Crippen LogP contribution in [0.15, 0.2) is 72.1 Å². The Morgan fingerprint density at radius 1 is 1.06 bits per heavy atom. The molecule has 0 bridgehead atoms. The summed E-state index contributed by atoms with van der Waals surface area (Å²) in [6, 6.07) is 21.2. The van der Waals surface area contributed by atoms with Crippen LogP contribution in [0.25, 0.3) is 0 Å². The first-order chi connectivity index (χ1) is 17.2. The smallest absolute Gasteiger partial charge is 0.242 e. The molecule has 1 aliphatic heterocycles. The Labute approximate surface area is 211 Å². The van der Waals surface area contributed by atoms with Gasteiger partial charge in [-0.25, -0.2) is 0 Å². The zero-order valence-corrected chi connectivity index (χ0v) is 20.9. The van der Waals surface area contributed by atoms with Crippen molar-refractivity contribution in [3.63, 3.8) is 0 Å². The number of para-hydroxylation sites is 1. The van der Waals surface area contributed by atoms with Crippen LogP contribution >= 0.6 is 11.3 Å². The van der Waals surface area contributed by atoms with Crippen LogP contribution < -0.4 is 4.74 Å². The quantitative estimate of drug-likeness (QED) is 0.373. The molecule has 184 valence electrons. The molecular weight excluding hydrogens is 460 g/mol. The lowest BCUT2D eigenvalue weighted by atomic mass is 10.0. The third-order valence-electron chi connectivity index (χ3n) is 6.22. The Kier molecular flexibility index (Phi) is 8.92. The molecule has 1 aliphatic rings. The number of hydrogen-bond donors (Lipinski definition) is 0. The van der Waals surface area contributed by atoms with Crippen molar-refractivity contribution in [1.29, 1.82) is 0 Å². The van der Waals surface area contributed by atoms with Gasteiger partial charge in [0.15, 0.2) is 0 Å². The number of thiophene rings is 1. The fourth-order valence-electron chi connectivity index (χ4n) is 4.39. The van der Waals surface area contributed by atoms with Gasteiger partial charge in [-0.3, -0.25) is 9.59 Å². The highest BCUT2D eigenvalue weighted by atomic mass is 32.1. The van der Waals surface area contributed by atoms with Gasteiger partial charge in [-0.15, -0.1) is 11.3 Å². The zero-order chi connectivity index (χ0) is 24.5. The minimum Gasteiger partial charge on any atom is -0.491 e. The normalized spacial score (nSPS) is 14.9. The molecule has 4 rings (SSSR count). The first-order valence-electron chi connectivity index (χ1n) is 12.0. The summed E-state index contributed by atoms with van der Waals surface area (Å²) in [5.41, 5.74) is 2.09. The van der Waals surface area contributed by atoms with Crippen LogP contribution in [0, 0.1) is 0 Å². The molecule has 0 radical (unpaired) electrons. The van der Waals surface area contributed by atoms with Crippen molar-refractivity contribution in [3.8, 4) is 5.75 Å². The maximum atomic E-state index is 13.6. The predicted molar refractivity (Wildman–Crippen MR) is 138 cm³/mol. The van der Waals surface area contributed by atoms with E-state index in [4.69, 9.17) is 9.47 Å². The van der Waals surface area contributed by atoms with E-state index in [-0.39, 0.29) is 30.8 Å². The van der Waals surface area contributed by atoms with E-state index in [1.807, 2.05) is 65.6 Å². The largest absolute Gasteiger partial charge is 0.491 e. The van der Waals surface area contributed by atoms with E-state index >= 15 is 0 Å². The van der Waals surface area contributed by atoms with Crippen LogP contribution in [0.4, 0.5) is 0 Å². The summed E-state index contributed by atoms with van der Waals surface area (Å²) in [4.78, 5) is 31.6. The first-order valence-corrected chi connectivity index (χ1v) is 12.9. The van der Waals surface area contributed by atoms with Crippen LogP contribution in [0.3, 0.4) is 0 Å². The number of benzene rings is 2. The van der Waals surface area contributed by atoms with Crippen molar-refractivity contribution >= 4 is 23.2 Å². The second-order valence-corrected chi connectivity index (χ2v) is 9.60. The molecule has 2 heterocycles. The molecule has 0 aliphatic carbocycles. The average molecular weight is 493 g/mol. The Hall–Kier alpha value is -3.16. The van der Waals surface area contributed by atoms with Crippen molar-refractivity contribution in [2.24, 2.45) is 0 Å². The molecule has 2 aromatic carbocycles. The highest BCUT2D eigenvalue weighted by Crippen LogP contribution is 2.34. The molecule has 0 fully saturated rings. The topological polar surface area (TPSA) is 59.1 Å². The maximum Gasteiger partial charge on any atom is 0.242 e. The van der Waals surface area contributed by atoms with Gasteiger partial charge in [-0.2, -0.15) is 0 Å². The second kappa shape index (κ2) is 12.5. The first kappa shape index (κ1) is 24.9. The summed E-state index contributed by atoms with van der Waals surface area (Å²) in [6.45, 7) is 2.07. The summed E-state index contributed by atoms with van der Waals surface area (Å²) in [5.74, 6) is 0.676. The Balaban J connectivity index is 1.47. The lowest BCUT2D eigenvalue weighted by molar-refractivity contribution is -0.142. The lowest BCUT2D eigenvalue weighted by Gasteiger charge is -2.37. The standard InChI is InChI=1S/C28H32N2O4S/c1-33-17-8-15-29(27(31)19-22-9-4-2-5-10-22)20-28(32)30-16-13-26-24(14-18-35-26)25(30)21-34-23-11-6-3-7-12-23/h2-7,9-12,14,18,25H,8,13,15-17,19-21H2,1H3/t25-/m0/s1. The number of fused-ring (bicyclic) bond motifs is 1. The van der Waals surface area contributed by atoms with Crippen molar-refractivity contribution in [2.75, 3.05) is 40.0 Å². The molecule has 0 saturated carbocycles. The summed E-state index contributed by atoms with van der Waals surface area (Å²) < 4.78 is 11.3. The van der Waals surface area contributed by atoms with E-state index < -0.39 is 0 Å². The lowest BCUT2D eigenvalue weighted by Crippen LogP contribution is -2.48. The van der Waals surface area contributed by atoms with E-state index in [9.17, 15) is 9.59 Å². The van der Waals surface area contributed by atoms with E-state index in [2.05, 4.69) is 11.4 Å². The Bertz CT molecular complexity index is 1090. The molecule has 0 saturated heterocycles. The van der Waals surface area contributed by atoms with Crippen LogP contribution in [-0.2, 0) is 27.2 Å². The van der Waals surface area contributed by atoms with E-state index in [1.54, 1.807) is 23.3 Å². The molecule has 35 heavy (non-hydrogen) atoms. The van der Waals surface area contributed by atoms with Crippen molar-refractivity contribution in [1.82, 2.24) is 9.80 Å². The van der Waals surface area contributed by atoms with Gasteiger partial charge in [0, 0.05) is 31.7 Å². The van der Waals surface area contributed by atoms with Gasteiger partial charge in [0.1, 0.15) is 12.4 Å². The van der Waals surface area contributed by atoms with E-state index in [1.165, 1.54) is 4.88 Å². The van der Waals surface area contributed by atoms with Gasteiger partial charge < -0.3 is 19.3 Å². The monoisotopic (exact) mass is 492 g/mol. The van der Waals surface area contributed by atoms with Crippen LogP contribution in [0.1, 0.15) is 28.5 Å². The van der Waals surface area contributed by atoms with E-state index in [0.29, 0.717) is 32.7 Å². The molecule has 0 spiro atoms. The number of carbonyl (C=O) groups excluding carboxylic acids is 2. The van der Waals surface area contributed by atoms with Crippen molar-refractivity contribution in [2.45, 2.75) is 25.3 Å². The Morgan fingerprint density at radius 2 is 1.80 bits per heavy atom. The van der Waals surface area contributed by atoms with Gasteiger partial charge in [0.25, 0.3) is 0 Å². The number of carbonyl (C=O) groups is 2. The SMILES string of the molecule is COCCCN(CC(=O)N1CCc2sccc2[C@@H]1COc1ccccc1)C(=O)Cc1ccccc1. The van der Waals surface area contributed by atoms with Crippen LogP contribution in [0.2, 0.25) is 0 Å². The van der Waals surface area contributed by atoms with Crippen LogP contribution in [0.5, 0.6) is 5.75 Å². The number of rotatable bonds is 11.